The van der Waals surface area contributed by atoms with Gasteiger partial charge in [-0.05, 0) is 25.5 Å². The highest BCUT2D eigenvalue weighted by molar-refractivity contribution is 5.77. The van der Waals surface area contributed by atoms with Crippen LogP contribution in [0.25, 0.3) is 5.52 Å². The summed E-state index contributed by atoms with van der Waals surface area (Å²) in [5.74, 6) is 1.10. The van der Waals surface area contributed by atoms with E-state index < -0.39 is 0 Å². The van der Waals surface area contributed by atoms with Gasteiger partial charge in [-0.15, -0.1) is 0 Å². The smallest absolute Gasteiger partial charge is 0.309 e. The summed E-state index contributed by atoms with van der Waals surface area (Å²) in [5.41, 5.74) is 1.07. The minimum absolute atomic E-state index is 0.000700. The molecule has 1 fully saturated rings. The second-order valence-corrected chi connectivity index (χ2v) is 4.31. The lowest BCUT2D eigenvalue weighted by Crippen LogP contribution is -2.08. The third-order valence-corrected chi connectivity index (χ3v) is 3.18. The highest BCUT2D eigenvalue weighted by Crippen LogP contribution is 2.47. The third kappa shape index (κ3) is 1.69. The molecule has 2 aromatic rings. The molecule has 3 rings (SSSR count). The van der Waals surface area contributed by atoms with Crippen LogP contribution in [0.3, 0.4) is 0 Å². The second kappa shape index (κ2) is 3.87. The summed E-state index contributed by atoms with van der Waals surface area (Å²) in [6.07, 6.45) is 4.68. The molecule has 2 heterocycles. The van der Waals surface area contributed by atoms with Crippen LogP contribution >= 0.6 is 0 Å². The van der Waals surface area contributed by atoms with Crippen molar-refractivity contribution in [3.8, 4) is 0 Å². The standard InChI is InChI=1S/C13H14N2O2/c1-2-17-13(16)11-7-10(11)12-14-8-9-5-3-4-6-15(9)12/h3-6,8,10-11H,2,7H2,1H3/t10-,11+/m1/s1. The van der Waals surface area contributed by atoms with Crippen LogP contribution in [-0.4, -0.2) is 22.0 Å². The van der Waals surface area contributed by atoms with Gasteiger partial charge >= 0.3 is 5.97 Å². The molecular weight excluding hydrogens is 216 g/mol. The third-order valence-electron chi connectivity index (χ3n) is 3.18. The maximum atomic E-state index is 11.6. The summed E-state index contributed by atoms with van der Waals surface area (Å²) in [7, 11) is 0. The van der Waals surface area contributed by atoms with Crippen molar-refractivity contribution in [2.75, 3.05) is 6.61 Å². The Balaban J connectivity index is 1.85. The number of imidazole rings is 1. The second-order valence-electron chi connectivity index (χ2n) is 4.31. The number of carbonyl (C=O) groups excluding carboxylic acids is 1. The van der Waals surface area contributed by atoms with Gasteiger partial charge in [0.15, 0.2) is 0 Å². The van der Waals surface area contributed by atoms with Crippen molar-refractivity contribution in [3.63, 3.8) is 0 Å². The molecular formula is C13H14N2O2. The fourth-order valence-corrected chi connectivity index (χ4v) is 2.23. The van der Waals surface area contributed by atoms with Crippen molar-refractivity contribution >= 4 is 11.5 Å². The van der Waals surface area contributed by atoms with Crippen LogP contribution in [0.2, 0.25) is 0 Å². The van der Waals surface area contributed by atoms with Crippen LogP contribution in [0.5, 0.6) is 0 Å². The monoisotopic (exact) mass is 230 g/mol. The average molecular weight is 230 g/mol. The van der Waals surface area contributed by atoms with Crippen molar-refractivity contribution in [3.05, 3.63) is 36.4 Å². The van der Waals surface area contributed by atoms with E-state index >= 15 is 0 Å². The molecule has 17 heavy (non-hydrogen) atoms. The lowest BCUT2D eigenvalue weighted by Gasteiger charge is -2.01. The predicted octanol–water partition coefficient (Wildman–Crippen LogP) is 2.00. The number of fused-ring (bicyclic) bond motifs is 1. The number of hydrogen-bond acceptors (Lipinski definition) is 3. The van der Waals surface area contributed by atoms with Gasteiger partial charge in [-0.25, -0.2) is 4.98 Å². The van der Waals surface area contributed by atoms with E-state index in [9.17, 15) is 4.79 Å². The van der Waals surface area contributed by atoms with Crippen molar-refractivity contribution in [1.29, 1.82) is 0 Å². The van der Waals surface area contributed by atoms with Gasteiger partial charge < -0.3 is 9.14 Å². The number of rotatable bonds is 3. The summed E-state index contributed by atoms with van der Waals surface area (Å²) >= 11 is 0. The first-order chi connectivity index (χ1) is 8.31. The van der Waals surface area contributed by atoms with Crippen LogP contribution < -0.4 is 0 Å². The highest BCUT2D eigenvalue weighted by Gasteiger charge is 2.47. The fraction of sp³-hybridized carbons (Fsp3) is 0.385. The van der Waals surface area contributed by atoms with E-state index in [1.807, 2.05) is 41.9 Å². The topological polar surface area (TPSA) is 43.6 Å². The Hall–Kier alpha value is -1.84. The number of hydrogen-bond donors (Lipinski definition) is 0. The van der Waals surface area contributed by atoms with E-state index in [0.29, 0.717) is 6.61 Å². The van der Waals surface area contributed by atoms with Gasteiger partial charge in [0.05, 0.1) is 24.2 Å². The first kappa shape index (κ1) is 10.3. The first-order valence-electron chi connectivity index (χ1n) is 5.90. The maximum absolute atomic E-state index is 11.6. The summed E-state index contributed by atoms with van der Waals surface area (Å²) < 4.78 is 7.08. The molecule has 0 amide bonds. The molecule has 0 radical (unpaired) electrons. The van der Waals surface area contributed by atoms with Gasteiger partial charge in [0.1, 0.15) is 5.82 Å². The molecule has 2 atom stereocenters. The largest absolute Gasteiger partial charge is 0.466 e. The number of pyridine rings is 1. The van der Waals surface area contributed by atoms with Gasteiger partial charge in [-0.1, -0.05) is 6.07 Å². The Labute approximate surface area is 99.2 Å². The Morgan fingerprint density at radius 3 is 3.29 bits per heavy atom. The molecule has 4 heteroatoms. The Kier molecular flexibility index (Phi) is 2.35. The number of ether oxygens (including phenoxy) is 1. The van der Waals surface area contributed by atoms with Crippen molar-refractivity contribution in [2.45, 2.75) is 19.3 Å². The van der Waals surface area contributed by atoms with E-state index in [1.54, 1.807) is 0 Å². The molecule has 1 aliphatic carbocycles. The highest BCUT2D eigenvalue weighted by atomic mass is 16.5. The Bertz CT molecular complexity index is 561. The number of carbonyl (C=O) groups is 1. The molecule has 2 aromatic heterocycles. The number of esters is 1. The number of aromatic nitrogens is 2. The lowest BCUT2D eigenvalue weighted by molar-refractivity contribution is -0.144. The molecule has 0 saturated heterocycles. The normalized spacial score (nSPS) is 22.6. The molecule has 1 saturated carbocycles. The molecule has 0 bridgehead atoms. The molecule has 1 aliphatic rings. The molecule has 0 aliphatic heterocycles. The average Bonchev–Trinajstić information content (AvgIpc) is 3.02. The lowest BCUT2D eigenvalue weighted by atomic mass is 10.3. The molecule has 0 aromatic carbocycles. The zero-order chi connectivity index (χ0) is 11.8. The summed E-state index contributed by atoms with van der Waals surface area (Å²) in [6, 6.07) is 5.97. The molecule has 4 nitrogen and oxygen atoms in total. The minimum atomic E-state index is -0.0924. The minimum Gasteiger partial charge on any atom is -0.466 e. The zero-order valence-electron chi connectivity index (χ0n) is 9.67. The first-order valence-corrected chi connectivity index (χ1v) is 5.90. The van der Waals surface area contributed by atoms with Gasteiger partial charge in [-0.3, -0.25) is 4.79 Å². The number of nitrogens with zero attached hydrogens (tertiary/aromatic N) is 2. The van der Waals surface area contributed by atoms with E-state index in [1.165, 1.54) is 0 Å². The molecule has 0 spiro atoms. The Morgan fingerprint density at radius 2 is 2.47 bits per heavy atom. The summed E-state index contributed by atoms with van der Waals surface area (Å²) in [5, 5.41) is 0. The van der Waals surface area contributed by atoms with Crippen LogP contribution in [-0.2, 0) is 9.53 Å². The van der Waals surface area contributed by atoms with E-state index in [-0.39, 0.29) is 17.8 Å². The Morgan fingerprint density at radius 1 is 1.59 bits per heavy atom. The maximum Gasteiger partial charge on any atom is 0.309 e. The predicted molar refractivity (Wildman–Crippen MR) is 62.7 cm³/mol. The van der Waals surface area contributed by atoms with Gasteiger partial charge in [0, 0.05) is 12.1 Å². The SMILES string of the molecule is CCOC(=O)[C@H]1C[C@H]1c1ncc2ccccn12. The van der Waals surface area contributed by atoms with Crippen molar-refractivity contribution < 1.29 is 9.53 Å². The quantitative estimate of drug-likeness (QED) is 0.757. The van der Waals surface area contributed by atoms with Gasteiger partial charge in [-0.2, -0.15) is 0 Å². The fourth-order valence-electron chi connectivity index (χ4n) is 2.23. The van der Waals surface area contributed by atoms with Crippen molar-refractivity contribution in [1.82, 2.24) is 9.38 Å². The van der Waals surface area contributed by atoms with E-state index in [2.05, 4.69) is 4.98 Å². The van der Waals surface area contributed by atoms with Gasteiger partial charge in [0.25, 0.3) is 0 Å². The van der Waals surface area contributed by atoms with Crippen molar-refractivity contribution in [2.24, 2.45) is 5.92 Å². The van der Waals surface area contributed by atoms with Gasteiger partial charge in [0.2, 0.25) is 0 Å². The van der Waals surface area contributed by atoms with Crippen LogP contribution in [0.1, 0.15) is 25.1 Å². The summed E-state index contributed by atoms with van der Waals surface area (Å²) in [6.45, 7) is 2.28. The van der Waals surface area contributed by atoms with E-state index in [0.717, 1.165) is 17.8 Å². The van der Waals surface area contributed by atoms with Crippen LogP contribution in [0.15, 0.2) is 30.6 Å². The summed E-state index contributed by atoms with van der Waals surface area (Å²) in [4.78, 5) is 16.0. The van der Waals surface area contributed by atoms with E-state index in [4.69, 9.17) is 4.74 Å². The van der Waals surface area contributed by atoms with Crippen LogP contribution in [0.4, 0.5) is 0 Å². The molecule has 0 N–H and O–H groups in total. The molecule has 88 valence electrons. The molecule has 0 unspecified atom stereocenters. The zero-order valence-corrected chi connectivity index (χ0v) is 9.67. The van der Waals surface area contributed by atoms with Crippen LogP contribution in [0, 0.1) is 5.92 Å².